The largest absolute Gasteiger partial charge is 0.494 e. The molecule has 0 N–H and O–H groups in total. The summed E-state index contributed by atoms with van der Waals surface area (Å²) in [5.41, 5.74) is 0.446. The zero-order chi connectivity index (χ0) is 18.7. The third kappa shape index (κ3) is 4.09. The average molecular weight is 399 g/mol. The molecule has 0 aliphatic carbocycles. The number of carbonyl (C=O) groups excluding carboxylic acids is 2. The fourth-order valence-electron chi connectivity index (χ4n) is 3.76. The lowest BCUT2D eigenvalue weighted by Crippen LogP contribution is -2.45. The van der Waals surface area contributed by atoms with Crippen molar-refractivity contribution in [3.63, 3.8) is 0 Å². The summed E-state index contributed by atoms with van der Waals surface area (Å²) >= 11 is 12.3. The molecule has 1 aromatic carbocycles. The van der Waals surface area contributed by atoms with Crippen LogP contribution >= 0.6 is 23.2 Å². The van der Waals surface area contributed by atoms with Crippen molar-refractivity contribution >= 4 is 35.0 Å². The number of halogens is 2. The van der Waals surface area contributed by atoms with Gasteiger partial charge in [-0.05, 0) is 44.2 Å². The molecular formula is C19H24Cl2N2O3. The Morgan fingerprint density at radius 3 is 2.08 bits per heavy atom. The van der Waals surface area contributed by atoms with E-state index in [2.05, 4.69) is 0 Å². The number of amides is 2. The van der Waals surface area contributed by atoms with E-state index < -0.39 is 0 Å². The van der Waals surface area contributed by atoms with Gasteiger partial charge < -0.3 is 14.5 Å². The highest BCUT2D eigenvalue weighted by atomic mass is 35.5. The van der Waals surface area contributed by atoms with Crippen LogP contribution in [-0.2, 0) is 4.79 Å². The van der Waals surface area contributed by atoms with Gasteiger partial charge in [-0.3, -0.25) is 9.59 Å². The van der Waals surface area contributed by atoms with E-state index in [1.807, 2.05) is 4.90 Å². The lowest BCUT2D eigenvalue weighted by molar-refractivity contribution is -0.137. The molecule has 7 heteroatoms. The second-order valence-electron chi connectivity index (χ2n) is 6.93. The van der Waals surface area contributed by atoms with Crippen LogP contribution in [0.25, 0.3) is 0 Å². The Bertz CT molecular complexity index is 658. The highest BCUT2D eigenvalue weighted by Gasteiger charge is 2.31. The van der Waals surface area contributed by atoms with E-state index in [1.165, 1.54) is 13.5 Å². The number of benzene rings is 1. The standard InChI is InChI=1S/C19H24Cl2N2O3/c1-26-17-15(20)11-14(12-16(17)21)19(25)23-9-5-13(6-10-23)18(24)22-7-3-2-4-8-22/h11-13H,2-10H2,1H3. The molecular weight excluding hydrogens is 375 g/mol. The van der Waals surface area contributed by atoms with E-state index >= 15 is 0 Å². The van der Waals surface area contributed by atoms with Crippen LogP contribution in [0.5, 0.6) is 5.75 Å². The van der Waals surface area contributed by atoms with Crippen molar-refractivity contribution in [3.05, 3.63) is 27.7 Å². The molecule has 2 amide bonds. The predicted molar refractivity (Wildman–Crippen MR) is 102 cm³/mol. The highest BCUT2D eigenvalue weighted by molar-refractivity contribution is 6.37. The van der Waals surface area contributed by atoms with E-state index in [-0.39, 0.29) is 17.7 Å². The summed E-state index contributed by atoms with van der Waals surface area (Å²) in [6.45, 7) is 2.90. The summed E-state index contributed by atoms with van der Waals surface area (Å²) in [4.78, 5) is 29.2. The normalized spacial score (nSPS) is 18.7. The number of carbonyl (C=O) groups is 2. The number of methoxy groups -OCH3 is 1. The van der Waals surface area contributed by atoms with E-state index in [9.17, 15) is 9.59 Å². The summed E-state index contributed by atoms with van der Waals surface area (Å²) < 4.78 is 5.12. The molecule has 2 fully saturated rings. The molecule has 2 heterocycles. The van der Waals surface area contributed by atoms with Crippen LogP contribution in [0.1, 0.15) is 42.5 Å². The van der Waals surface area contributed by atoms with E-state index in [0.717, 1.165) is 25.9 Å². The van der Waals surface area contributed by atoms with Gasteiger partial charge in [-0.2, -0.15) is 0 Å². The lowest BCUT2D eigenvalue weighted by Gasteiger charge is -2.35. The van der Waals surface area contributed by atoms with E-state index in [1.54, 1.807) is 17.0 Å². The molecule has 1 aromatic rings. The Morgan fingerprint density at radius 2 is 1.54 bits per heavy atom. The summed E-state index contributed by atoms with van der Waals surface area (Å²) in [6, 6.07) is 3.17. The van der Waals surface area contributed by atoms with Crippen molar-refractivity contribution in [1.29, 1.82) is 0 Å². The van der Waals surface area contributed by atoms with Crippen LogP contribution in [0.2, 0.25) is 10.0 Å². The number of ether oxygens (including phenoxy) is 1. The molecule has 2 aliphatic rings. The highest BCUT2D eigenvalue weighted by Crippen LogP contribution is 2.34. The first kappa shape index (κ1) is 19.3. The monoisotopic (exact) mass is 398 g/mol. The van der Waals surface area contributed by atoms with Crippen molar-refractivity contribution in [2.45, 2.75) is 32.1 Å². The van der Waals surface area contributed by atoms with Crippen LogP contribution in [0.3, 0.4) is 0 Å². The van der Waals surface area contributed by atoms with Gasteiger partial charge in [-0.15, -0.1) is 0 Å². The molecule has 5 nitrogen and oxygen atoms in total. The van der Waals surface area contributed by atoms with Crippen molar-refractivity contribution in [1.82, 2.24) is 9.80 Å². The third-order valence-electron chi connectivity index (χ3n) is 5.25. The zero-order valence-corrected chi connectivity index (χ0v) is 16.5. The van der Waals surface area contributed by atoms with Gasteiger partial charge in [0.2, 0.25) is 5.91 Å². The topological polar surface area (TPSA) is 49.9 Å². The first-order chi connectivity index (χ1) is 12.5. The predicted octanol–water partition coefficient (Wildman–Crippen LogP) is 3.87. The van der Waals surface area contributed by atoms with Crippen molar-refractivity contribution in [2.24, 2.45) is 5.92 Å². The van der Waals surface area contributed by atoms with Gasteiger partial charge in [0, 0.05) is 37.7 Å². The van der Waals surface area contributed by atoms with Crippen LogP contribution in [0.4, 0.5) is 0 Å². The van der Waals surface area contributed by atoms with Crippen LogP contribution in [-0.4, -0.2) is 54.9 Å². The smallest absolute Gasteiger partial charge is 0.253 e. The number of hydrogen-bond acceptors (Lipinski definition) is 3. The fourth-order valence-corrected chi connectivity index (χ4v) is 4.40. The molecule has 0 unspecified atom stereocenters. The zero-order valence-electron chi connectivity index (χ0n) is 15.0. The minimum atomic E-state index is -0.111. The van der Waals surface area contributed by atoms with Gasteiger partial charge in [0.15, 0.2) is 5.75 Å². The van der Waals surface area contributed by atoms with E-state index in [4.69, 9.17) is 27.9 Å². The maximum absolute atomic E-state index is 12.8. The van der Waals surface area contributed by atoms with Crippen molar-refractivity contribution in [3.8, 4) is 5.75 Å². The SMILES string of the molecule is COc1c(Cl)cc(C(=O)N2CCC(C(=O)N3CCCCC3)CC2)cc1Cl. The quantitative estimate of drug-likeness (QED) is 0.776. The van der Waals surface area contributed by atoms with Crippen LogP contribution < -0.4 is 4.74 Å². The molecule has 0 atom stereocenters. The fraction of sp³-hybridized carbons (Fsp3) is 0.579. The maximum Gasteiger partial charge on any atom is 0.253 e. The van der Waals surface area contributed by atoms with Gasteiger partial charge in [0.25, 0.3) is 5.91 Å². The van der Waals surface area contributed by atoms with E-state index in [0.29, 0.717) is 47.3 Å². The number of hydrogen-bond donors (Lipinski definition) is 0. The number of rotatable bonds is 3. The Balaban J connectivity index is 1.61. The minimum Gasteiger partial charge on any atom is -0.494 e. The first-order valence-electron chi connectivity index (χ1n) is 9.12. The Hall–Kier alpha value is -1.46. The molecule has 0 aromatic heterocycles. The molecule has 2 aliphatic heterocycles. The summed E-state index contributed by atoms with van der Waals surface area (Å²) in [7, 11) is 1.48. The summed E-state index contributed by atoms with van der Waals surface area (Å²) in [5, 5.41) is 0.636. The van der Waals surface area contributed by atoms with Crippen molar-refractivity contribution in [2.75, 3.05) is 33.3 Å². The third-order valence-corrected chi connectivity index (χ3v) is 5.81. The number of nitrogens with zero attached hydrogens (tertiary/aromatic N) is 2. The van der Waals surface area contributed by atoms with Crippen LogP contribution in [0, 0.1) is 5.92 Å². The van der Waals surface area contributed by atoms with Gasteiger partial charge in [0.05, 0.1) is 17.2 Å². The van der Waals surface area contributed by atoms with Gasteiger partial charge >= 0.3 is 0 Å². The molecule has 142 valence electrons. The molecule has 2 saturated heterocycles. The second kappa shape index (κ2) is 8.49. The molecule has 0 radical (unpaired) electrons. The minimum absolute atomic E-state index is 0.0280. The lowest BCUT2D eigenvalue weighted by atomic mass is 9.94. The van der Waals surface area contributed by atoms with Gasteiger partial charge in [0.1, 0.15) is 0 Å². The number of likely N-dealkylation sites (tertiary alicyclic amines) is 2. The molecule has 0 spiro atoms. The Kier molecular flexibility index (Phi) is 6.30. The van der Waals surface area contributed by atoms with Gasteiger partial charge in [-0.25, -0.2) is 0 Å². The Labute approximate surface area is 164 Å². The summed E-state index contributed by atoms with van der Waals surface area (Å²) in [6.07, 6.45) is 4.82. The summed E-state index contributed by atoms with van der Waals surface area (Å²) in [5.74, 6) is 0.545. The van der Waals surface area contributed by atoms with Crippen LogP contribution in [0.15, 0.2) is 12.1 Å². The molecule has 26 heavy (non-hydrogen) atoms. The molecule has 3 rings (SSSR count). The molecule has 0 bridgehead atoms. The van der Waals surface area contributed by atoms with Crippen molar-refractivity contribution < 1.29 is 14.3 Å². The van der Waals surface area contributed by atoms with Gasteiger partial charge in [-0.1, -0.05) is 23.2 Å². The number of piperidine rings is 2. The average Bonchev–Trinajstić information content (AvgIpc) is 2.67. The first-order valence-corrected chi connectivity index (χ1v) is 9.88. The second-order valence-corrected chi connectivity index (χ2v) is 7.74. The maximum atomic E-state index is 12.8. The molecule has 0 saturated carbocycles. The Morgan fingerprint density at radius 1 is 0.962 bits per heavy atom.